The second kappa shape index (κ2) is 7.15. The monoisotopic (exact) mass is 368 g/mol. The van der Waals surface area contributed by atoms with E-state index in [2.05, 4.69) is 6.07 Å². The van der Waals surface area contributed by atoms with Crippen molar-refractivity contribution in [3.63, 3.8) is 0 Å². The molecule has 0 saturated heterocycles. The first-order valence-electron chi connectivity index (χ1n) is 7.93. The highest BCUT2D eigenvalue weighted by Gasteiger charge is 2.12. The van der Waals surface area contributed by atoms with Crippen LogP contribution in [0.25, 0.3) is 17.3 Å². The molecule has 0 fully saturated rings. The minimum Gasteiger partial charge on any atom is -0.318 e. The van der Waals surface area contributed by atoms with Gasteiger partial charge < -0.3 is 4.57 Å². The molecule has 0 N–H and O–H groups in total. The van der Waals surface area contributed by atoms with Crippen molar-refractivity contribution in [1.82, 2.24) is 4.57 Å². The third-order valence-electron chi connectivity index (χ3n) is 4.19. The molecular weight excluding hydrogens is 354 g/mol. The smallest absolute Gasteiger partial charge is 0.141 e. The molecule has 2 nitrogen and oxygen atoms in total. The van der Waals surface area contributed by atoms with Gasteiger partial charge in [0, 0.05) is 17.1 Å². The van der Waals surface area contributed by atoms with E-state index in [1.807, 2.05) is 24.5 Å². The number of aryl methyl sites for hydroxylation is 1. The maximum atomic E-state index is 13.5. The van der Waals surface area contributed by atoms with Gasteiger partial charge >= 0.3 is 0 Å². The quantitative estimate of drug-likeness (QED) is 0.514. The first kappa shape index (κ1) is 17.9. The lowest BCUT2D eigenvalue weighted by Gasteiger charge is -2.10. The lowest BCUT2D eigenvalue weighted by Crippen LogP contribution is -1.99. The molecule has 0 atom stereocenters. The van der Waals surface area contributed by atoms with Crippen LogP contribution in [0.2, 0.25) is 5.02 Å². The number of hydrogen-bond acceptors (Lipinski definition) is 1. The van der Waals surface area contributed by atoms with E-state index >= 15 is 0 Å². The van der Waals surface area contributed by atoms with Gasteiger partial charge in [-0.25, -0.2) is 8.78 Å². The summed E-state index contributed by atoms with van der Waals surface area (Å²) in [4.78, 5) is 0. The summed E-state index contributed by atoms with van der Waals surface area (Å²) in [6.45, 7) is 3.81. The second-order valence-electron chi connectivity index (χ2n) is 5.94. The molecule has 0 aliphatic rings. The van der Waals surface area contributed by atoms with Gasteiger partial charge in [0.25, 0.3) is 0 Å². The molecule has 3 aromatic rings. The fraction of sp³-hybridized carbons (Fsp3) is 0.0952. The van der Waals surface area contributed by atoms with Crippen molar-refractivity contribution in [2.75, 3.05) is 0 Å². The van der Waals surface area contributed by atoms with Crippen molar-refractivity contribution in [2.45, 2.75) is 13.8 Å². The topological polar surface area (TPSA) is 28.7 Å². The number of benzene rings is 2. The van der Waals surface area contributed by atoms with Gasteiger partial charge in [-0.1, -0.05) is 23.7 Å². The summed E-state index contributed by atoms with van der Waals surface area (Å²) in [5.41, 5.74) is 4.21. The van der Waals surface area contributed by atoms with Crippen LogP contribution >= 0.6 is 11.6 Å². The van der Waals surface area contributed by atoms with Crippen LogP contribution in [0, 0.1) is 36.8 Å². The Kier molecular flexibility index (Phi) is 4.92. The molecule has 0 spiro atoms. The SMILES string of the molecule is Cc1cc(/C=C(/C#N)c2cccc(F)c2)c(C)n1-c1ccc(F)c(Cl)c1. The Balaban J connectivity index is 2.10. The van der Waals surface area contributed by atoms with E-state index in [9.17, 15) is 14.0 Å². The third-order valence-corrected chi connectivity index (χ3v) is 4.48. The van der Waals surface area contributed by atoms with Crippen molar-refractivity contribution >= 4 is 23.3 Å². The van der Waals surface area contributed by atoms with Crippen LogP contribution in [-0.2, 0) is 0 Å². The van der Waals surface area contributed by atoms with Gasteiger partial charge in [0.05, 0.1) is 16.7 Å². The van der Waals surface area contributed by atoms with Crippen LogP contribution in [0.15, 0.2) is 48.5 Å². The highest BCUT2D eigenvalue weighted by molar-refractivity contribution is 6.30. The van der Waals surface area contributed by atoms with Crippen LogP contribution in [-0.4, -0.2) is 4.57 Å². The third kappa shape index (κ3) is 3.40. The normalized spacial score (nSPS) is 11.5. The Bertz CT molecular complexity index is 1060. The van der Waals surface area contributed by atoms with Gasteiger partial charge in [0.15, 0.2) is 0 Å². The molecule has 3 rings (SSSR count). The molecule has 0 aliphatic carbocycles. The van der Waals surface area contributed by atoms with Crippen molar-refractivity contribution in [3.8, 4) is 11.8 Å². The first-order valence-corrected chi connectivity index (χ1v) is 8.30. The summed E-state index contributed by atoms with van der Waals surface area (Å²) in [5, 5.41) is 9.52. The molecule has 1 aromatic heterocycles. The average Bonchev–Trinajstić information content (AvgIpc) is 2.89. The summed E-state index contributed by atoms with van der Waals surface area (Å²) < 4.78 is 28.8. The highest BCUT2D eigenvalue weighted by Crippen LogP contribution is 2.27. The number of halogens is 3. The summed E-state index contributed by atoms with van der Waals surface area (Å²) in [6.07, 6.45) is 1.72. The molecule has 0 amide bonds. The lowest BCUT2D eigenvalue weighted by atomic mass is 10.0. The summed E-state index contributed by atoms with van der Waals surface area (Å²) in [7, 11) is 0. The van der Waals surface area contributed by atoms with Gasteiger partial charge in [0.1, 0.15) is 11.6 Å². The van der Waals surface area contributed by atoms with Crippen LogP contribution in [0.1, 0.15) is 22.5 Å². The number of nitrogens with zero attached hydrogens (tertiary/aromatic N) is 2. The fourth-order valence-electron chi connectivity index (χ4n) is 2.95. The zero-order valence-corrected chi connectivity index (χ0v) is 15.0. The van der Waals surface area contributed by atoms with E-state index in [1.165, 1.54) is 18.2 Å². The standard InChI is InChI=1S/C21H15ClF2N2/c1-13-8-16(9-17(12-25)15-4-3-5-18(23)10-15)14(2)26(13)19-6-7-21(24)20(22)11-19/h3-11H,1-2H3/b17-9-. The van der Waals surface area contributed by atoms with Gasteiger partial charge in [-0.2, -0.15) is 5.26 Å². The van der Waals surface area contributed by atoms with E-state index in [-0.39, 0.29) is 5.02 Å². The van der Waals surface area contributed by atoms with Crippen molar-refractivity contribution in [1.29, 1.82) is 5.26 Å². The molecular formula is C21H15ClF2N2. The minimum atomic E-state index is -0.476. The minimum absolute atomic E-state index is 0.0459. The lowest BCUT2D eigenvalue weighted by molar-refractivity contribution is 0.627. The maximum Gasteiger partial charge on any atom is 0.141 e. The second-order valence-corrected chi connectivity index (χ2v) is 6.35. The van der Waals surface area contributed by atoms with Crippen LogP contribution in [0.5, 0.6) is 0 Å². The molecule has 0 aliphatic heterocycles. The Labute approximate surface area is 155 Å². The zero-order valence-electron chi connectivity index (χ0n) is 14.2. The molecule has 0 unspecified atom stereocenters. The summed E-state index contributed by atoms with van der Waals surface area (Å²) in [6, 6.07) is 14.5. The molecule has 5 heteroatoms. The van der Waals surface area contributed by atoms with Gasteiger partial charge in [-0.05, 0) is 67.4 Å². The van der Waals surface area contributed by atoms with Gasteiger partial charge in [0.2, 0.25) is 0 Å². The van der Waals surface area contributed by atoms with E-state index in [1.54, 1.807) is 30.3 Å². The van der Waals surface area contributed by atoms with Gasteiger partial charge in [-0.15, -0.1) is 0 Å². The number of hydrogen-bond donors (Lipinski definition) is 0. The van der Waals surface area contributed by atoms with E-state index in [0.717, 1.165) is 22.6 Å². The van der Waals surface area contributed by atoms with Crippen LogP contribution in [0.4, 0.5) is 8.78 Å². The zero-order chi connectivity index (χ0) is 18.8. The number of aromatic nitrogens is 1. The predicted molar refractivity (Wildman–Crippen MR) is 100 cm³/mol. The Hall–Kier alpha value is -2.90. The van der Waals surface area contributed by atoms with Crippen LogP contribution < -0.4 is 0 Å². The first-order chi connectivity index (χ1) is 12.4. The predicted octanol–water partition coefficient (Wildman–Crippen LogP) is 6.09. The Morgan fingerprint density at radius 2 is 1.88 bits per heavy atom. The Morgan fingerprint density at radius 3 is 2.54 bits per heavy atom. The largest absolute Gasteiger partial charge is 0.318 e. The molecule has 2 aromatic carbocycles. The summed E-state index contributed by atoms with van der Waals surface area (Å²) >= 11 is 5.90. The van der Waals surface area contributed by atoms with Gasteiger partial charge in [-0.3, -0.25) is 0 Å². The fourth-order valence-corrected chi connectivity index (χ4v) is 3.12. The molecule has 26 heavy (non-hydrogen) atoms. The molecule has 130 valence electrons. The number of nitriles is 1. The van der Waals surface area contributed by atoms with Crippen molar-refractivity contribution < 1.29 is 8.78 Å². The van der Waals surface area contributed by atoms with E-state index in [4.69, 9.17) is 11.6 Å². The highest BCUT2D eigenvalue weighted by atomic mass is 35.5. The Morgan fingerprint density at radius 1 is 1.12 bits per heavy atom. The van der Waals surface area contributed by atoms with Crippen LogP contribution in [0.3, 0.4) is 0 Å². The molecule has 0 saturated carbocycles. The molecule has 0 bridgehead atoms. The molecule has 1 heterocycles. The average molecular weight is 369 g/mol. The number of rotatable bonds is 3. The molecule has 0 radical (unpaired) electrons. The number of allylic oxidation sites excluding steroid dienone is 1. The van der Waals surface area contributed by atoms with Crippen molar-refractivity contribution in [2.24, 2.45) is 0 Å². The van der Waals surface area contributed by atoms with E-state index in [0.29, 0.717) is 11.1 Å². The summed E-state index contributed by atoms with van der Waals surface area (Å²) in [5.74, 6) is -0.869. The maximum absolute atomic E-state index is 13.5. The van der Waals surface area contributed by atoms with Crippen molar-refractivity contribution in [3.05, 3.63) is 87.7 Å². The van der Waals surface area contributed by atoms with E-state index < -0.39 is 11.6 Å².